The number of rotatable bonds is 3. The summed E-state index contributed by atoms with van der Waals surface area (Å²) in [5.41, 5.74) is 0.0466. The number of carbonyl (C=O) groups is 2. The van der Waals surface area contributed by atoms with Crippen LogP contribution in [0.5, 0.6) is 0 Å². The molecule has 1 aromatic rings. The Morgan fingerprint density at radius 3 is 2.52 bits per heavy atom. The summed E-state index contributed by atoms with van der Waals surface area (Å²) >= 11 is 0. The van der Waals surface area contributed by atoms with Crippen molar-refractivity contribution in [2.24, 2.45) is 0 Å². The van der Waals surface area contributed by atoms with Gasteiger partial charge in [-0.15, -0.1) is 0 Å². The lowest BCUT2D eigenvalue weighted by Gasteiger charge is -2.32. The van der Waals surface area contributed by atoms with E-state index in [-0.39, 0.29) is 11.4 Å². The molecule has 0 bridgehead atoms. The van der Waals surface area contributed by atoms with E-state index in [1.807, 2.05) is 25.7 Å². The van der Waals surface area contributed by atoms with Crippen LogP contribution in [0.4, 0.5) is 5.95 Å². The lowest BCUT2D eigenvalue weighted by Crippen LogP contribution is -2.46. The second kappa shape index (κ2) is 6.07. The standard InChI is InChI=1S/C14H21N5O2/c1-14(2,3)17-12(21)11-4-5-15-13(16-11)19-8-6-18(10-20)7-9-19/h4-5,10H,6-9H2,1-3H3,(H,17,21). The third kappa shape index (κ3) is 4.14. The maximum Gasteiger partial charge on any atom is 0.270 e. The highest BCUT2D eigenvalue weighted by Crippen LogP contribution is 2.11. The Labute approximate surface area is 124 Å². The normalized spacial score (nSPS) is 15.8. The highest BCUT2D eigenvalue weighted by Gasteiger charge is 2.20. The summed E-state index contributed by atoms with van der Waals surface area (Å²) in [4.78, 5) is 35.1. The van der Waals surface area contributed by atoms with Crippen molar-refractivity contribution in [3.8, 4) is 0 Å². The van der Waals surface area contributed by atoms with Crippen LogP contribution in [0, 0.1) is 0 Å². The van der Waals surface area contributed by atoms with Gasteiger partial charge in [-0.2, -0.15) is 0 Å². The van der Waals surface area contributed by atoms with Crippen LogP contribution in [-0.2, 0) is 4.79 Å². The first-order chi connectivity index (χ1) is 9.89. The molecule has 0 unspecified atom stereocenters. The van der Waals surface area contributed by atoms with E-state index < -0.39 is 0 Å². The summed E-state index contributed by atoms with van der Waals surface area (Å²) in [7, 11) is 0. The van der Waals surface area contributed by atoms with Crippen molar-refractivity contribution in [2.45, 2.75) is 26.3 Å². The lowest BCUT2D eigenvalue weighted by atomic mass is 10.1. The Hall–Kier alpha value is -2.18. The molecule has 7 nitrogen and oxygen atoms in total. The fourth-order valence-electron chi connectivity index (χ4n) is 2.06. The van der Waals surface area contributed by atoms with Crippen molar-refractivity contribution < 1.29 is 9.59 Å². The van der Waals surface area contributed by atoms with Gasteiger partial charge in [0, 0.05) is 37.9 Å². The molecule has 0 radical (unpaired) electrons. The molecule has 0 atom stereocenters. The first-order valence-electron chi connectivity index (χ1n) is 6.99. The number of nitrogens with zero attached hydrogens (tertiary/aromatic N) is 4. The summed E-state index contributed by atoms with van der Waals surface area (Å²) in [6, 6.07) is 1.60. The quantitative estimate of drug-likeness (QED) is 0.810. The summed E-state index contributed by atoms with van der Waals surface area (Å²) in [6.45, 7) is 8.39. The fraction of sp³-hybridized carbons (Fsp3) is 0.571. The molecule has 114 valence electrons. The monoisotopic (exact) mass is 291 g/mol. The molecular weight excluding hydrogens is 270 g/mol. The maximum atomic E-state index is 12.1. The molecule has 1 aromatic heterocycles. The molecular formula is C14H21N5O2. The van der Waals surface area contributed by atoms with Gasteiger partial charge < -0.3 is 15.1 Å². The van der Waals surface area contributed by atoms with Crippen LogP contribution < -0.4 is 10.2 Å². The van der Waals surface area contributed by atoms with Gasteiger partial charge in [-0.1, -0.05) is 0 Å². The molecule has 1 fully saturated rings. The fourth-order valence-corrected chi connectivity index (χ4v) is 2.06. The smallest absolute Gasteiger partial charge is 0.270 e. The average molecular weight is 291 g/mol. The minimum Gasteiger partial charge on any atom is -0.346 e. The maximum absolute atomic E-state index is 12.1. The van der Waals surface area contributed by atoms with Gasteiger partial charge in [-0.05, 0) is 26.8 Å². The largest absolute Gasteiger partial charge is 0.346 e. The van der Waals surface area contributed by atoms with Crippen LogP contribution in [0.15, 0.2) is 12.3 Å². The van der Waals surface area contributed by atoms with E-state index in [0.717, 1.165) is 6.41 Å². The van der Waals surface area contributed by atoms with Gasteiger partial charge in [0.15, 0.2) is 0 Å². The third-order valence-electron chi connectivity index (χ3n) is 3.11. The minimum atomic E-state index is -0.308. The van der Waals surface area contributed by atoms with E-state index in [1.165, 1.54) is 0 Å². The van der Waals surface area contributed by atoms with Crippen LogP contribution in [-0.4, -0.2) is 58.9 Å². The average Bonchev–Trinajstić information content (AvgIpc) is 2.46. The first kappa shape index (κ1) is 15.2. The van der Waals surface area contributed by atoms with E-state index in [4.69, 9.17) is 0 Å². The number of carbonyl (C=O) groups excluding carboxylic acids is 2. The molecule has 1 saturated heterocycles. The predicted molar refractivity (Wildman–Crippen MR) is 79.1 cm³/mol. The van der Waals surface area contributed by atoms with Gasteiger partial charge in [-0.25, -0.2) is 9.97 Å². The molecule has 0 aliphatic carbocycles. The highest BCUT2D eigenvalue weighted by atomic mass is 16.2. The van der Waals surface area contributed by atoms with Crippen molar-refractivity contribution in [2.75, 3.05) is 31.1 Å². The van der Waals surface area contributed by atoms with Crippen LogP contribution in [0.3, 0.4) is 0 Å². The van der Waals surface area contributed by atoms with Crippen molar-refractivity contribution in [3.05, 3.63) is 18.0 Å². The predicted octanol–water partition coefficient (Wildman–Crippen LogP) is 0.283. The molecule has 21 heavy (non-hydrogen) atoms. The molecule has 2 rings (SSSR count). The van der Waals surface area contributed by atoms with E-state index in [9.17, 15) is 9.59 Å². The van der Waals surface area contributed by atoms with Gasteiger partial charge in [0.25, 0.3) is 5.91 Å². The van der Waals surface area contributed by atoms with Crippen molar-refractivity contribution in [3.63, 3.8) is 0 Å². The zero-order valence-corrected chi connectivity index (χ0v) is 12.7. The van der Waals surface area contributed by atoms with Gasteiger partial charge in [0.2, 0.25) is 12.4 Å². The number of piperazine rings is 1. The third-order valence-corrected chi connectivity index (χ3v) is 3.11. The number of nitrogens with one attached hydrogen (secondary N) is 1. The van der Waals surface area contributed by atoms with Crippen molar-refractivity contribution >= 4 is 18.3 Å². The number of amides is 2. The summed E-state index contributed by atoms with van der Waals surface area (Å²) in [6.07, 6.45) is 2.44. The van der Waals surface area contributed by atoms with Crippen LogP contribution >= 0.6 is 0 Å². The van der Waals surface area contributed by atoms with E-state index >= 15 is 0 Å². The molecule has 1 N–H and O–H groups in total. The summed E-state index contributed by atoms with van der Waals surface area (Å²) < 4.78 is 0. The molecule has 7 heteroatoms. The molecule has 2 amide bonds. The van der Waals surface area contributed by atoms with Crippen molar-refractivity contribution in [1.82, 2.24) is 20.2 Å². The lowest BCUT2D eigenvalue weighted by molar-refractivity contribution is -0.118. The second-order valence-corrected chi connectivity index (χ2v) is 6.07. The molecule has 0 saturated carbocycles. The van der Waals surface area contributed by atoms with Crippen molar-refractivity contribution in [1.29, 1.82) is 0 Å². The molecule has 1 aliphatic heterocycles. The van der Waals surface area contributed by atoms with E-state index in [2.05, 4.69) is 15.3 Å². The number of hydrogen-bond acceptors (Lipinski definition) is 5. The number of aromatic nitrogens is 2. The van der Waals surface area contributed by atoms with Gasteiger partial charge >= 0.3 is 0 Å². The Kier molecular flexibility index (Phi) is 4.40. The molecule has 1 aliphatic rings. The Balaban J connectivity index is 2.08. The zero-order valence-electron chi connectivity index (χ0n) is 12.7. The Morgan fingerprint density at radius 2 is 1.95 bits per heavy atom. The minimum absolute atomic E-state index is 0.210. The van der Waals surface area contributed by atoms with Crippen LogP contribution in [0.25, 0.3) is 0 Å². The van der Waals surface area contributed by atoms with Crippen LogP contribution in [0.2, 0.25) is 0 Å². The van der Waals surface area contributed by atoms with Gasteiger partial charge in [0.1, 0.15) is 5.69 Å². The highest BCUT2D eigenvalue weighted by molar-refractivity contribution is 5.92. The molecule has 0 spiro atoms. The number of hydrogen-bond donors (Lipinski definition) is 1. The Morgan fingerprint density at radius 1 is 1.29 bits per heavy atom. The zero-order chi connectivity index (χ0) is 15.5. The Bertz CT molecular complexity index is 518. The van der Waals surface area contributed by atoms with Crippen LogP contribution in [0.1, 0.15) is 31.3 Å². The van der Waals surface area contributed by atoms with Gasteiger partial charge in [-0.3, -0.25) is 9.59 Å². The molecule has 2 heterocycles. The number of anilines is 1. The van der Waals surface area contributed by atoms with Gasteiger partial charge in [0.05, 0.1) is 0 Å². The topological polar surface area (TPSA) is 78.4 Å². The second-order valence-electron chi connectivity index (χ2n) is 6.07. The SMILES string of the molecule is CC(C)(C)NC(=O)c1ccnc(N2CCN(C=O)CC2)n1. The molecule has 0 aromatic carbocycles. The summed E-state index contributed by atoms with van der Waals surface area (Å²) in [5.74, 6) is 0.319. The van der Waals surface area contributed by atoms with E-state index in [0.29, 0.717) is 37.8 Å². The first-order valence-corrected chi connectivity index (χ1v) is 6.99. The summed E-state index contributed by atoms with van der Waals surface area (Å²) in [5, 5.41) is 2.88. The van der Waals surface area contributed by atoms with E-state index in [1.54, 1.807) is 17.2 Å².